The molecule has 0 unspecified atom stereocenters. The van der Waals surface area contributed by atoms with Gasteiger partial charge in [0, 0.05) is 10.6 Å². The van der Waals surface area contributed by atoms with E-state index in [0.29, 0.717) is 27.5 Å². The van der Waals surface area contributed by atoms with Crippen molar-refractivity contribution in [2.45, 2.75) is 26.2 Å². The van der Waals surface area contributed by atoms with Crippen LogP contribution in [0.1, 0.15) is 26.3 Å². The van der Waals surface area contributed by atoms with Crippen molar-refractivity contribution < 1.29 is 18.6 Å². The molecule has 176 valence electrons. The fraction of sp³-hybridized carbons (Fsp3) is 0.250. The zero-order valence-corrected chi connectivity index (χ0v) is 20.4. The fourth-order valence-corrected chi connectivity index (χ4v) is 3.74. The Labute approximate surface area is 203 Å². The highest BCUT2D eigenvalue weighted by atomic mass is 35.5. The third kappa shape index (κ3) is 5.20. The number of benzene rings is 3. The van der Waals surface area contributed by atoms with Crippen LogP contribution < -0.4 is 19.6 Å². The van der Waals surface area contributed by atoms with Gasteiger partial charge in [-0.05, 0) is 53.4 Å². The molecule has 34 heavy (non-hydrogen) atoms. The Hall–Kier alpha value is -3.44. The molecule has 0 amide bonds. The molecule has 3 aromatic carbocycles. The third-order valence-corrected chi connectivity index (χ3v) is 5.72. The maximum Gasteiger partial charge on any atom is 0.235 e. The quantitative estimate of drug-likeness (QED) is 0.271. The summed E-state index contributed by atoms with van der Waals surface area (Å²) in [5, 5.41) is 0.824. The molecule has 0 radical (unpaired) electrons. The second-order valence-electron chi connectivity index (χ2n) is 8.93. The minimum atomic E-state index is -0.275. The van der Waals surface area contributed by atoms with Crippen molar-refractivity contribution in [1.29, 1.82) is 0 Å². The molecule has 5 nitrogen and oxygen atoms in total. The first-order chi connectivity index (χ1) is 16.3. The van der Waals surface area contributed by atoms with Gasteiger partial charge < -0.3 is 18.6 Å². The molecule has 4 aromatic rings. The van der Waals surface area contributed by atoms with Crippen molar-refractivity contribution in [1.82, 2.24) is 0 Å². The second kappa shape index (κ2) is 9.82. The lowest BCUT2D eigenvalue weighted by Crippen LogP contribution is -2.15. The molecular formula is C28H27ClO5. The highest BCUT2D eigenvalue weighted by Gasteiger charge is 2.20. The summed E-state index contributed by atoms with van der Waals surface area (Å²) < 4.78 is 23.0. The van der Waals surface area contributed by atoms with E-state index in [1.807, 2.05) is 48.5 Å². The summed E-state index contributed by atoms with van der Waals surface area (Å²) in [6.45, 7) is 6.87. The molecular weight excluding hydrogens is 452 g/mol. The minimum absolute atomic E-state index is 0.0115. The largest absolute Gasteiger partial charge is 0.497 e. The van der Waals surface area contributed by atoms with Gasteiger partial charge in [-0.25, -0.2) is 0 Å². The van der Waals surface area contributed by atoms with E-state index in [0.717, 1.165) is 11.3 Å². The van der Waals surface area contributed by atoms with Crippen molar-refractivity contribution in [3.63, 3.8) is 0 Å². The molecule has 0 atom stereocenters. The summed E-state index contributed by atoms with van der Waals surface area (Å²) in [7, 11) is 1.61. The number of hydrogen-bond donors (Lipinski definition) is 0. The number of ether oxygens (including phenoxy) is 3. The van der Waals surface area contributed by atoms with Crippen LogP contribution >= 0.6 is 11.6 Å². The van der Waals surface area contributed by atoms with Gasteiger partial charge in [0.05, 0.1) is 12.5 Å². The van der Waals surface area contributed by atoms with Gasteiger partial charge in [0.15, 0.2) is 5.76 Å². The first kappa shape index (κ1) is 23.7. The Morgan fingerprint density at radius 3 is 2.15 bits per heavy atom. The average molecular weight is 479 g/mol. The Bertz CT molecular complexity index is 1330. The summed E-state index contributed by atoms with van der Waals surface area (Å²) in [5.74, 6) is 1.94. The van der Waals surface area contributed by atoms with Crippen LogP contribution in [0.15, 0.2) is 75.9 Å². The molecule has 0 fully saturated rings. The third-order valence-electron chi connectivity index (χ3n) is 5.48. The number of fused-ring (bicyclic) bond motifs is 1. The molecule has 0 saturated heterocycles. The first-order valence-electron chi connectivity index (χ1n) is 11.0. The summed E-state index contributed by atoms with van der Waals surface area (Å²) >= 11 is 6.13. The molecule has 1 aromatic heterocycles. The van der Waals surface area contributed by atoms with Crippen molar-refractivity contribution in [2.24, 2.45) is 0 Å². The molecule has 0 aliphatic heterocycles. The van der Waals surface area contributed by atoms with Crippen LogP contribution in [0.4, 0.5) is 0 Å². The van der Waals surface area contributed by atoms with Crippen molar-refractivity contribution in [3.8, 4) is 28.6 Å². The Kier molecular flexibility index (Phi) is 6.85. The Morgan fingerprint density at radius 1 is 0.853 bits per heavy atom. The first-order valence-corrected chi connectivity index (χ1v) is 11.4. The van der Waals surface area contributed by atoms with Gasteiger partial charge in [-0.15, -0.1) is 0 Å². The van der Waals surface area contributed by atoms with E-state index in [2.05, 4.69) is 20.8 Å². The molecule has 6 heteroatoms. The van der Waals surface area contributed by atoms with Crippen LogP contribution in [0, 0.1) is 0 Å². The Balaban J connectivity index is 1.63. The van der Waals surface area contributed by atoms with Crippen molar-refractivity contribution >= 4 is 22.6 Å². The van der Waals surface area contributed by atoms with Crippen LogP contribution in [0.2, 0.25) is 5.02 Å². The fourth-order valence-electron chi connectivity index (χ4n) is 3.57. The molecule has 0 aliphatic carbocycles. The van der Waals surface area contributed by atoms with Gasteiger partial charge in [-0.3, -0.25) is 4.79 Å². The SMILES string of the molecule is COc1ccc(OCCOc2c(-c3ccc(C(C)(C)C)cc3)oc3ccc(Cl)cc3c2=O)cc1. The van der Waals surface area contributed by atoms with Crippen LogP contribution in [-0.4, -0.2) is 20.3 Å². The summed E-state index contributed by atoms with van der Waals surface area (Å²) in [6, 6.07) is 20.2. The van der Waals surface area contributed by atoms with E-state index in [-0.39, 0.29) is 29.8 Å². The summed E-state index contributed by atoms with van der Waals surface area (Å²) in [5.41, 5.74) is 2.13. The predicted octanol–water partition coefficient (Wildman–Crippen LogP) is 6.88. The van der Waals surface area contributed by atoms with Gasteiger partial charge in [-0.1, -0.05) is 56.6 Å². The summed E-state index contributed by atoms with van der Waals surface area (Å²) in [4.78, 5) is 13.3. The highest BCUT2D eigenvalue weighted by molar-refractivity contribution is 6.31. The zero-order valence-electron chi connectivity index (χ0n) is 19.7. The van der Waals surface area contributed by atoms with Gasteiger partial charge in [0.2, 0.25) is 11.2 Å². The summed E-state index contributed by atoms with van der Waals surface area (Å²) in [6.07, 6.45) is 0. The lowest BCUT2D eigenvalue weighted by Gasteiger charge is -2.19. The maximum atomic E-state index is 13.3. The van der Waals surface area contributed by atoms with Crippen molar-refractivity contribution in [3.05, 3.63) is 87.5 Å². The molecule has 0 bridgehead atoms. The van der Waals surface area contributed by atoms with E-state index in [1.165, 1.54) is 5.56 Å². The number of halogens is 1. The van der Waals surface area contributed by atoms with Gasteiger partial charge in [-0.2, -0.15) is 0 Å². The van der Waals surface area contributed by atoms with E-state index < -0.39 is 0 Å². The van der Waals surface area contributed by atoms with E-state index in [1.54, 1.807) is 25.3 Å². The van der Waals surface area contributed by atoms with Crippen LogP contribution in [0.5, 0.6) is 17.2 Å². The minimum Gasteiger partial charge on any atom is -0.497 e. The zero-order chi connectivity index (χ0) is 24.3. The maximum absolute atomic E-state index is 13.3. The smallest absolute Gasteiger partial charge is 0.235 e. The molecule has 0 spiro atoms. The number of rotatable bonds is 7. The average Bonchev–Trinajstić information content (AvgIpc) is 2.83. The lowest BCUT2D eigenvalue weighted by atomic mass is 9.86. The van der Waals surface area contributed by atoms with Gasteiger partial charge in [0.25, 0.3) is 0 Å². The molecule has 0 N–H and O–H groups in total. The topological polar surface area (TPSA) is 57.9 Å². The van der Waals surface area contributed by atoms with Gasteiger partial charge in [0.1, 0.15) is 30.3 Å². The van der Waals surface area contributed by atoms with Crippen molar-refractivity contribution in [2.75, 3.05) is 20.3 Å². The standard InChI is InChI=1S/C28H27ClO5/c1-28(2,3)19-7-5-18(6-8-19)26-27(25(30)23-17-20(29)9-14-24(23)34-26)33-16-15-32-22-12-10-21(31-4)11-13-22/h5-14,17H,15-16H2,1-4H3. The molecule has 0 aliphatic rings. The molecule has 1 heterocycles. The van der Waals surface area contributed by atoms with Crippen LogP contribution in [0.25, 0.3) is 22.3 Å². The highest BCUT2D eigenvalue weighted by Crippen LogP contribution is 2.33. The predicted molar refractivity (Wildman–Crippen MR) is 136 cm³/mol. The number of hydrogen-bond acceptors (Lipinski definition) is 5. The normalized spacial score (nSPS) is 11.4. The van der Waals surface area contributed by atoms with Crippen LogP contribution in [0.3, 0.4) is 0 Å². The van der Waals surface area contributed by atoms with Gasteiger partial charge >= 0.3 is 0 Å². The second-order valence-corrected chi connectivity index (χ2v) is 9.37. The van der Waals surface area contributed by atoms with E-state index in [4.69, 9.17) is 30.2 Å². The lowest BCUT2D eigenvalue weighted by molar-refractivity contribution is 0.214. The Morgan fingerprint density at radius 2 is 1.50 bits per heavy atom. The molecule has 0 saturated carbocycles. The van der Waals surface area contributed by atoms with Crippen LogP contribution in [-0.2, 0) is 5.41 Å². The van der Waals surface area contributed by atoms with E-state index >= 15 is 0 Å². The monoisotopic (exact) mass is 478 g/mol. The van der Waals surface area contributed by atoms with E-state index in [9.17, 15) is 4.79 Å². The number of methoxy groups -OCH3 is 1. The molecule has 4 rings (SSSR count).